The molecule has 7 heteroatoms. The lowest BCUT2D eigenvalue weighted by molar-refractivity contribution is -0.146. The number of ketones is 1. The molecule has 0 radical (unpaired) electrons. The number of carbonyl (C=O) groups is 3. The number of hydrogen-bond acceptors (Lipinski definition) is 6. The molecule has 0 aliphatic carbocycles. The summed E-state index contributed by atoms with van der Waals surface area (Å²) in [6.45, 7) is 5.49. The second-order valence-corrected chi connectivity index (χ2v) is 8.70. The number of nitrogens with zero attached hydrogens (tertiary/aromatic N) is 2. The van der Waals surface area contributed by atoms with Gasteiger partial charge in [0.05, 0.1) is 24.1 Å². The van der Waals surface area contributed by atoms with Crippen LogP contribution in [-0.2, 0) is 25.5 Å². The smallest absolute Gasteiger partial charge is 0.310 e. The van der Waals surface area contributed by atoms with E-state index in [4.69, 9.17) is 4.74 Å². The molecule has 0 bridgehead atoms. The first kappa shape index (κ1) is 23.9. The van der Waals surface area contributed by atoms with Gasteiger partial charge in [-0.15, -0.1) is 0 Å². The molecule has 1 N–H and O–H groups in total. The van der Waals surface area contributed by atoms with E-state index in [2.05, 4.69) is 4.98 Å². The van der Waals surface area contributed by atoms with Crippen LogP contribution in [0.25, 0.3) is 5.76 Å². The molecular weight excluding hydrogens is 444 g/mol. The lowest BCUT2D eigenvalue weighted by Gasteiger charge is -2.26. The van der Waals surface area contributed by atoms with Crippen molar-refractivity contribution in [3.05, 3.63) is 101 Å². The first-order chi connectivity index (χ1) is 16.8. The van der Waals surface area contributed by atoms with Gasteiger partial charge in [-0.2, -0.15) is 0 Å². The Morgan fingerprint density at radius 3 is 2.37 bits per heavy atom. The normalized spacial score (nSPS) is 17.1. The summed E-state index contributed by atoms with van der Waals surface area (Å²) < 4.78 is 5.20. The van der Waals surface area contributed by atoms with E-state index in [0.29, 0.717) is 16.8 Å². The van der Waals surface area contributed by atoms with Gasteiger partial charge in [0.1, 0.15) is 5.76 Å². The molecule has 35 heavy (non-hydrogen) atoms. The molecule has 2 aromatic carbocycles. The van der Waals surface area contributed by atoms with Crippen molar-refractivity contribution in [2.24, 2.45) is 0 Å². The van der Waals surface area contributed by atoms with Crippen molar-refractivity contribution in [1.82, 2.24) is 4.98 Å². The molecule has 1 aliphatic rings. The quantitative estimate of drug-likeness (QED) is 0.246. The lowest BCUT2D eigenvalue weighted by atomic mass is 9.94. The van der Waals surface area contributed by atoms with E-state index in [1.807, 2.05) is 31.2 Å². The van der Waals surface area contributed by atoms with E-state index < -0.39 is 17.7 Å². The Morgan fingerprint density at radius 1 is 1.06 bits per heavy atom. The minimum atomic E-state index is -0.820. The third-order valence-corrected chi connectivity index (χ3v) is 5.69. The second kappa shape index (κ2) is 9.93. The summed E-state index contributed by atoms with van der Waals surface area (Å²) in [7, 11) is 0. The number of aryl methyl sites for hydroxylation is 1. The van der Waals surface area contributed by atoms with Crippen LogP contribution in [0.5, 0.6) is 0 Å². The molecule has 4 rings (SSSR count). The monoisotopic (exact) mass is 470 g/mol. The molecule has 0 saturated carbocycles. The van der Waals surface area contributed by atoms with Crippen LogP contribution in [0, 0.1) is 6.92 Å². The molecule has 1 saturated heterocycles. The highest BCUT2D eigenvalue weighted by Gasteiger charge is 2.47. The number of benzene rings is 2. The fourth-order valence-electron chi connectivity index (χ4n) is 4.17. The Balaban J connectivity index is 1.78. The minimum absolute atomic E-state index is 0.0105. The molecule has 1 unspecified atom stereocenters. The fraction of sp³-hybridized carbons (Fsp3) is 0.214. The van der Waals surface area contributed by atoms with Gasteiger partial charge in [0.25, 0.3) is 11.7 Å². The Morgan fingerprint density at radius 2 is 1.74 bits per heavy atom. The number of rotatable bonds is 6. The van der Waals surface area contributed by atoms with Crippen LogP contribution in [-0.4, -0.2) is 33.9 Å². The van der Waals surface area contributed by atoms with Crippen LogP contribution in [0.4, 0.5) is 5.69 Å². The molecule has 1 amide bonds. The molecule has 1 aromatic heterocycles. The number of carbonyl (C=O) groups excluding carboxylic acids is 3. The number of aliphatic hydroxyl groups is 1. The molecule has 2 heterocycles. The van der Waals surface area contributed by atoms with Crippen LogP contribution in [0.2, 0.25) is 0 Å². The van der Waals surface area contributed by atoms with Crippen molar-refractivity contribution in [3.8, 4) is 0 Å². The van der Waals surface area contributed by atoms with Gasteiger partial charge < -0.3 is 9.84 Å². The van der Waals surface area contributed by atoms with Crippen molar-refractivity contribution in [3.63, 3.8) is 0 Å². The molecule has 7 nitrogen and oxygen atoms in total. The third kappa shape index (κ3) is 4.99. The van der Waals surface area contributed by atoms with Crippen LogP contribution in [0.1, 0.15) is 42.1 Å². The highest BCUT2D eigenvalue weighted by Crippen LogP contribution is 2.42. The number of amides is 1. The molecule has 1 fully saturated rings. The Kier molecular flexibility index (Phi) is 6.78. The van der Waals surface area contributed by atoms with Gasteiger partial charge in [-0.1, -0.05) is 42.0 Å². The highest BCUT2D eigenvalue weighted by atomic mass is 16.5. The second-order valence-electron chi connectivity index (χ2n) is 8.70. The van der Waals surface area contributed by atoms with Gasteiger partial charge in [0, 0.05) is 23.6 Å². The van der Waals surface area contributed by atoms with E-state index >= 15 is 0 Å². The van der Waals surface area contributed by atoms with Gasteiger partial charge in [-0.05, 0) is 56.2 Å². The maximum absolute atomic E-state index is 13.2. The number of aliphatic hydroxyl groups excluding tert-OH is 1. The van der Waals surface area contributed by atoms with Crippen molar-refractivity contribution in [2.75, 3.05) is 4.90 Å². The summed E-state index contributed by atoms with van der Waals surface area (Å²) in [5, 5.41) is 11.1. The van der Waals surface area contributed by atoms with E-state index in [0.717, 1.165) is 11.1 Å². The van der Waals surface area contributed by atoms with Gasteiger partial charge >= 0.3 is 5.97 Å². The summed E-state index contributed by atoms with van der Waals surface area (Å²) in [4.78, 5) is 43.8. The van der Waals surface area contributed by atoms with Crippen LogP contribution in [0.15, 0.2) is 78.6 Å². The first-order valence-corrected chi connectivity index (χ1v) is 11.3. The summed E-state index contributed by atoms with van der Waals surface area (Å²) in [6.07, 6.45) is 2.91. The molecular formula is C28H26N2O5. The van der Waals surface area contributed by atoms with Crippen LogP contribution in [0.3, 0.4) is 0 Å². The Labute approximate surface area is 203 Å². The van der Waals surface area contributed by atoms with Crippen LogP contribution < -0.4 is 4.90 Å². The highest BCUT2D eigenvalue weighted by molar-refractivity contribution is 6.51. The minimum Gasteiger partial charge on any atom is -0.507 e. The zero-order valence-electron chi connectivity index (χ0n) is 19.8. The summed E-state index contributed by atoms with van der Waals surface area (Å²) in [5.74, 6) is -2.10. The average Bonchev–Trinajstić information content (AvgIpc) is 3.09. The zero-order chi connectivity index (χ0) is 25.1. The number of ether oxygens (including phenoxy) is 1. The third-order valence-electron chi connectivity index (χ3n) is 5.69. The number of pyridine rings is 1. The van der Waals surface area contributed by atoms with Crippen molar-refractivity contribution < 1.29 is 24.2 Å². The van der Waals surface area contributed by atoms with Gasteiger partial charge in [0.15, 0.2) is 0 Å². The molecule has 1 aliphatic heterocycles. The number of Topliss-reactive ketones (excluding diaryl/α,β-unsaturated/α-hetero) is 1. The number of esters is 1. The fourth-order valence-corrected chi connectivity index (χ4v) is 4.17. The lowest BCUT2D eigenvalue weighted by Crippen LogP contribution is -2.29. The topological polar surface area (TPSA) is 96.8 Å². The van der Waals surface area contributed by atoms with E-state index in [1.165, 1.54) is 17.3 Å². The number of hydrogen-bond donors (Lipinski definition) is 1. The summed E-state index contributed by atoms with van der Waals surface area (Å²) in [5.41, 5.74) is 3.26. The van der Waals surface area contributed by atoms with Gasteiger partial charge in [-0.3, -0.25) is 24.3 Å². The van der Waals surface area contributed by atoms with Gasteiger partial charge in [0.2, 0.25) is 0 Å². The van der Waals surface area contributed by atoms with E-state index in [-0.39, 0.29) is 29.8 Å². The van der Waals surface area contributed by atoms with E-state index in [9.17, 15) is 19.5 Å². The SMILES string of the molecule is Cc1cccc(C2/C(=C(/O)c3ccncc3)C(=O)C(=O)N2c2ccc(CC(=O)OC(C)C)cc2)c1. The Hall–Kier alpha value is -4.26. The molecule has 3 aromatic rings. The number of anilines is 1. The van der Waals surface area contributed by atoms with Crippen LogP contribution >= 0.6 is 0 Å². The first-order valence-electron chi connectivity index (χ1n) is 11.3. The Bertz CT molecular complexity index is 1300. The molecule has 0 spiro atoms. The van der Waals surface area contributed by atoms with Crippen molar-refractivity contribution >= 4 is 29.1 Å². The maximum Gasteiger partial charge on any atom is 0.310 e. The number of aromatic nitrogens is 1. The van der Waals surface area contributed by atoms with E-state index in [1.54, 1.807) is 50.2 Å². The summed E-state index contributed by atoms with van der Waals surface area (Å²) in [6, 6.07) is 16.7. The van der Waals surface area contributed by atoms with Crippen molar-refractivity contribution in [1.29, 1.82) is 0 Å². The van der Waals surface area contributed by atoms with Crippen molar-refractivity contribution in [2.45, 2.75) is 39.3 Å². The molecule has 1 atom stereocenters. The predicted octanol–water partition coefficient (Wildman–Crippen LogP) is 4.51. The predicted molar refractivity (Wildman–Crippen MR) is 132 cm³/mol. The average molecular weight is 471 g/mol. The molecule has 178 valence electrons. The largest absolute Gasteiger partial charge is 0.507 e. The standard InChI is InChI=1S/C28H26N2O5/c1-17(2)35-23(31)16-19-7-9-22(10-8-19)30-25(21-6-4-5-18(3)15-21)24(27(33)28(30)34)26(32)20-11-13-29-14-12-20/h4-15,17,25,32H,16H2,1-3H3/b26-24-. The van der Waals surface area contributed by atoms with Gasteiger partial charge in [-0.25, -0.2) is 0 Å². The zero-order valence-corrected chi connectivity index (χ0v) is 19.8. The summed E-state index contributed by atoms with van der Waals surface area (Å²) >= 11 is 0. The maximum atomic E-state index is 13.2.